The molecule has 1 fully saturated rings. The summed E-state index contributed by atoms with van der Waals surface area (Å²) in [6.45, 7) is 2.25. The lowest BCUT2D eigenvalue weighted by atomic mass is 10.1. The highest BCUT2D eigenvalue weighted by atomic mass is 19.4. The van der Waals surface area contributed by atoms with Gasteiger partial charge in [0.25, 0.3) is 5.56 Å². The van der Waals surface area contributed by atoms with Gasteiger partial charge in [0.2, 0.25) is 5.95 Å². The van der Waals surface area contributed by atoms with Gasteiger partial charge < -0.3 is 15.4 Å². The van der Waals surface area contributed by atoms with Crippen LogP contribution in [0.4, 0.5) is 19.1 Å². The molecule has 2 N–H and O–H groups in total. The summed E-state index contributed by atoms with van der Waals surface area (Å²) in [6, 6.07) is 4.37. The van der Waals surface area contributed by atoms with E-state index in [1.807, 2.05) is 4.90 Å². The van der Waals surface area contributed by atoms with Crippen molar-refractivity contribution in [3.63, 3.8) is 0 Å². The maximum Gasteiger partial charge on any atom is 0.573 e. The number of carbonyl (C=O) groups is 1. The number of ketones is 1. The van der Waals surface area contributed by atoms with Crippen molar-refractivity contribution >= 4 is 22.9 Å². The lowest BCUT2D eigenvalue weighted by molar-refractivity contribution is -0.274. The van der Waals surface area contributed by atoms with Crippen LogP contribution in [0.25, 0.3) is 11.2 Å². The Hall–Kier alpha value is -4.05. The highest BCUT2D eigenvalue weighted by Gasteiger charge is 2.31. The van der Waals surface area contributed by atoms with Gasteiger partial charge >= 0.3 is 12.1 Å². The summed E-state index contributed by atoms with van der Waals surface area (Å²) in [5.74, 6) is 4.81. The fraction of sp³-hybridized carbons (Fsp3) is 0.417. The minimum Gasteiger partial charge on any atom is -0.406 e. The van der Waals surface area contributed by atoms with Crippen molar-refractivity contribution < 1.29 is 22.7 Å². The van der Waals surface area contributed by atoms with Crippen LogP contribution in [0.3, 0.4) is 0 Å². The number of aromatic nitrogens is 4. The summed E-state index contributed by atoms with van der Waals surface area (Å²) >= 11 is 0. The Morgan fingerprint density at radius 2 is 2.03 bits per heavy atom. The molecule has 0 saturated carbocycles. The third-order valence-corrected chi connectivity index (χ3v) is 6.06. The first-order valence-electron chi connectivity index (χ1n) is 11.5. The lowest BCUT2D eigenvalue weighted by Crippen LogP contribution is -2.44. The number of Topliss-reactive ketones (excluding diaryl/α,β-unsaturated/α-hetero) is 1. The molecule has 2 aromatic heterocycles. The maximum atomic E-state index is 13.5. The number of rotatable bonds is 6. The van der Waals surface area contributed by atoms with Crippen LogP contribution in [0, 0.1) is 11.8 Å². The zero-order valence-electron chi connectivity index (χ0n) is 20.2. The molecule has 1 aliphatic rings. The number of hydrogen-bond acceptors (Lipinski definition) is 7. The molecule has 13 heteroatoms. The predicted octanol–water partition coefficient (Wildman–Crippen LogP) is 1.63. The third-order valence-electron chi connectivity index (χ3n) is 6.06. The zero-order chi connectivity index (χ0) is 26.9. The van der Waals surface area contributed by atoms with E-state index in [2.05, 4.69) is 21.6 Å². The first kappa shape index (κ1) is 26.0. The van der Waals surface area contributed by atoms with E-state index >= 15 is 0 Å². The highest BCUT2D eigenvalue weighted by Crippen LogP contribution is 2.24. The molecule has 0 spiro atoms. The Morgan fingerprint density at radius 1 is 1.27 bits per heavy atom. The molecule has 1 atom stereocenters. The number of aryl methyl sites for hydroxylation is 1. The maximum absolute atomic E-state index is 13.5. The number of imidazole rings is 1. The number of anilines is 1. The number of hydrogen-bond donors (Lipinski definition) is 1. The van der Waals surface area contributed by atoms with Crippen molar-refractivity contribution in [2.45, 2.75) is 45.3 Å². The average Bonchev–Trinajstić information content (AvgIpc) is 3.22. The molecule has 0 radical (unpaired) electrons. The Labute approximate surface area is 209 Å². The molecule has 1 saturated heterocycles. The first-order chi connectivity index (χ1) is 17.5. The van der Waals surface area contributed by atoms with Gasteiger partial charge in [-0.1, -0.05) is 18.1 Å². The molecule has 4 rings (SSSR count). The number of ether oxygens (including phenoxy) is 1. The van der Waals surface area contributed by atoms with Crippen LogP contribution in [-0.2, 0) is 20.1 Å². The first-order valence-corrected chi connectivity index (χ1v) is 11.5. The fourth-order valence-electron chi connectivity index (χ4n) is 4.34. The van der Waals surface area contributed by atoms with Crippen molar-refractivity contribution in [1.82, 2.24) is 18.7 Å². The van der Waals surface area contributed by atoms with Crippen molar-refractivity contribution in [1.29, 1.82) is 0 Å². The van der Waals surface area contributed by atoms with Crippen LogP contribution in [0.5, 0.6) is 5.75 Å². The smallest absolute Gasteiger partial charge is 0.406 e. The van der Waals surface area contributed by atoms with Crippen LogP contribution in [0.15, 0.2) is 33.9 Å². The molecular formula is C24H25F3N6O4. The van der Waals surface area contributed by atoms with E-state index in [4.69, 9.17) is 5.73 Å². The van der Waals surface area contributed by atoms with E-state index in [1.54, 1.807) is 11.5 Å². The molecule has 3 aromatic rings. The van der Waals surface area contributed by atoms with E-state index < -0.39 is 35.7 Å². The van der Waals surface area contributed by atoms with E-state index in [1.165, 1.54) is 19.2 Å². The fourth-order valence-corrected chi connectivity index (χ4v) is 4.34. The van der Waals surface area contributed by atoms with E-state index in [0.717, 1.165) is 34.1 Å². The van der Waals surface area contributed by atoms with Crippen molar-refractivity contribution in [3.8, 4) is 17.6 Å². The topological polar surface area (TPSA) is 117 Å². The standard InChI is InChI=1S/C24H25F3N6O4/c1-3-4-11-32-19-20(29-22(32)31-10-6-8-16(28)13-31)30(2)23(36)33(21(19)35)14-18(34)15-7-5-9-17(12-15)37-24(25,26)27/h5,7,9,12,16H,6,8,10-11,13-14,28H2,1-2H3/t16-/m1/s1. The molecule has 0 bridgehead atoms. The monoisotopic (exact) mass is 518 g/mol. The molecule has 10 nitrogen and oxygen atoms in total. The number of nitrogens with two attached hydrogens (primary N) is 1. The van der Waals surface area contributed by atoms with Crippen LogP contribution >= 0.6 is 0 Å². The predicted molar refractivity (Wildman–Crippen MR) is 130 cm³/mol. The van der Waals surface area contributed by atoms with Gasteiger partial charge in [-0.25, -0.2) is 4.79 Å². The molecule has 196 valence electrons. The summed E-state index contributed by atoms with van der Waals surface area (Å²) < 4.78 is 45.1. The Bertz CT molecular complexity index is 1530. The van der Waals surface area contributed by atoms with Crippen LogP contribution in [0.1, 0.15) is 30.1 Å². The molecule has 3 heterocycles. The largest absolute Gasteiger partial charge is 0.573 e. The quantitative estimate of drug-likeness (QED) is 0.389. The van der Waals surface area contributed by atoms with Gasteiger partial charge in [-0.15, -0.1) is 19.1 Å². The van der Waals surface area contributed by atoms with Gasteiger partial charge in [-0.3, -0.25) is 23.3 Å². The van der Waals surface area contributed by atoms with Gasteiger partial charge in [0.1, 0.15) is 5.75 Å². The Morgan fingerprint density at radius 3 is 2.70 bits per heavy atom. The number of piperidine rings is 1. The van der Waals surface area contributed by atoms with Crippen molar-refractivity contribution in [2.24, 2.45) is 12.8 Å². The minimum atomic E-state index is -4.94. The molecule has 1 aliphatic heterocycles. The van der Waals surface area contributed by atoms with Gasteiger partial charge in [0, 0.05) is 31.7 Å². The highest BCUT2D eigenvalue weighted by molar-refractivity contribution is 5.96. The van der Waals surface area contributed by atoms with Crippen molar-refractivity contribution in [2.75, 3.05) is 18.0 Å². The van der Waals surface area contributed by atoms with Crippen LogP contribution in [-0.4, -0.2) is 50.0 Å². The number of fused-ring (bicyclic) bond motifs is 1. The molecule has 0 unspecified atom stereocenters. The number of nitrogens with zero attached hydrogens (tertiary/aromatic N) is 5. The molecular weight excluding hydrogens is 493 g/mol. The number of halogens is 3. The second-order valence-electron chi connectivity index (χ2n) is 8.68. The number of carbonyl (C=O) groups excluding carboxylic acids is 1. The minimum absolute atomic E-state index is 0.0746. The van der Waals surface area contributed by atoms with E-state index in [9.17, 15) is 27.6 Å². The van der Waals surface area contributed by atoms with E-state index in [-0.39, 0.29) is 29.3 Å². The Kier molecular flexibility index (Phi) is 7.13. The summed E-state index contributed by atoms with van der Waals surface area (Å²) in [6.07, 6.45) is -3.25. The van der Waals surface area contributed by atoms with Crippen LogP contribution < -0.4 is 26.6 Å². The SMILES string of the molecule is CC#CCn1c(N2CCC[C@@H](N)C2)nc2c1c(=O)n(CC(=O)c1cccc(OC(F)(F)F)c1)c(=O)n2C. The summed E-state index contributed by atoms with van der Waals surface area (Å²) in [4.78, 5) is 46.1. The Balaban J connectivity index is 1.79. The molecule has 0 aliphatic carbocycles. The summed E-state index contributed by atoms with van der Waals surface area (Å²) in [5, 5.41) is 0. The zero-order valence-corrected chi connectivity index (χ0v) is 20.2. The summed E-state index contributed by atoms with van der Waals surface area (Å²) in [5.41, 5.74) is 4.65. The molecule has 0 amide bonds. The van der Waals surface area contributed by atoms with Gasteiger partial charge in [0.05, 0.1) is 13.1 Å². The van der Waals surface area contributed by atoms with E-state index in [0.29, 0.717) is 19.0 Å². The van der Waals surface area contributed by atoms with Crippen molar-refractivity contribution in [3.05, 3.63) is 50.7 Å². The van der Waals surface area contributed by atoms with Gasteiger partial charge in [-0.05, 0) is 31.9 Å². The third kappa shape index (κ3) is 5.39. The second kappa shape index (κ2) is 10.1. The lowest BCUT2D eigenvalue weighted by Gasteiger charge is -2.31. The molecule has 1 aromatic carbocycles. The summed E-state index contributed by atoms with van der Waals surface area (Å²) in [7, 11) is 1.43. The second-order valence-corrected chi connectivity index (χ2v) is 8.68. The normalized spacial score (nSPS) is 15.9. The number of benzene rings is 1. The average molecular weight is 518 g/mol. The van der Waals surface area contributed by atoms with Gasteiger partial charge in [0.15, 0.2) is 16.9 Å². The van der Waals surface area contributed by atoms with Gasteiger partial charge in [-0.2, -0.15) is 4.98 Å². The van der Waals surface area contributed by atoms with Crippen LogP contribution in [0.2, 0.25) is 0 Å². The molecule has 37 heavy (non-hydrogen) atoms. The number of alkyl halides is 3.